The van der Waals surface area contributed by atoms with E-state index in [2.05, 4.69) is 4.98 Å². The van der Waals surface area contributed by atoms with Gasteiger partial charge in [0.25, 0.3) is 5.91 Å². The molecular weight excluding hydrogens is 266 g/mol. The summed E-state index contributed by atoms with van der Waals surface area (Å²) in [5.74, 6) is 0.619. The second-order valence-corrected chi connectivity index (χ2v) is 4.54. The lowest BCUT2D eigenvalue weighted by molar-refractivity contribution is 0.0986. The van der Waals surface area contributed by atoms with Crippen molar-refractivity contribution in [2.45, 2.75) is 6.42 Å². The Morgan fingerprint density at radius 1 is 1.33 bits per heavy atom. The lowest BCUT2D eigenvalue weighted by atomic mass is 10.2. The molecule has 0 aliphatic rings. The molecule has 0 atom stereocenters. The average Bonchev–Trinajstić information content (AvgIpc) is 2.56. The van der Waals surface area contributed by atoms with Gasteiger partial charge in [0.1, 0.15) is 5.75 Å². The first kappa shape index (κ1) is 15.0. The molecule has 2 N–H and O–H groups in total. The summed E-state index contributed by atoms with van der Waals surface area (Å²) in [5.41, 5.74) is 6.92. The van der Waals surface area contributed by atoms with E-state index in [0.29, 0.717) is 24.4 Å². The van der Waals surface area contributed by atoms with Crippen LogP contribution in [0.1, 0.15) is 16.8 Å². The van der Waals surface area contributed by atoms with Crippen molar-refractivity contribution in [2.24, 2.45) is 5.73 Å². The number of carbonyl (C=O) groups excluding carboxylic acids is 1. The predicted octanol–water partition coefficient (Wildman–Crippen LogP) is 2.09. The molecular formula is C16H19N3O2. The van der Waals surface area contributed by atoms with Gasteiger partial charge in [-0.2, -0.15) is 0 Å². The number of pyridine rings is 1. The molecule has 110 valence electrons. The summed E-state index contributed by atoms with van der Waals surface area (Å²) in [7, 11) is 1.60. The van der Waals surface area contributed by atoms with E-state index in [-0.39, 0.29) is 5.91 Å². The Hall–Kier alpha value is -2.40. The minimum atomic E-state index is -0.0928. The molecule has 1 aromatic heterocycles. The Kier molecular flexibility index (Phi) is 5.29. The Morgan fingerprint density at radius 3 is 2.86 bits per heavy atom. The Bertz CT molecular complexity index is 587. The molecule has 21 heavy (non-hydrogen) atoms. The number of ether oxygens (including phenoxy) is 1. The summed E-state index contributed by atoms with van der Waals surface area (Å²) in [6, 6.07) is 10.9. The van der Waals surface area contributed by atoms with Gasteiger partial charge in [-0.15, -0.1) is 0 Å². The van der Waals surface area contributed by atoms with Crippen LogP contribution in [0.15, 0.2) is 48.8 Å². The van der Waals surface area contributed by atoms with E-state index < -0.39 is 0 Å². The molecule has 0 aliphatic carbocycles. The first-order chi connectivity index (χ1) is 10.3. The second-order valence-electron chi connectivity index (χ2n) is 4.54. The number of hydrogen-bond donors (Lipinski definition) is 1. The van der Waals surface area contributed by atoms with Gasteiger partial charge < -0.3 is 15.4 Å². The minimum absolute atomic E-state index is 0.0928. The van der Waals surface area contributed by atoms with Crippen LogP contribution >= 0.6 is 0 Å². The van der Waals surface area contributed by atoms with E-state index in [4.69, 9.17) is 10.5 Å². The van der Waals surface area contributed by atoms with Gasteiger partial charge in [0.2, 0.25) is 0 Å². The predicted molar refractivity (Wildman–Crippen MR) is 82.6 cm³/mol. The average molecular weight is 285 g/mol. The van der Waals surface area contributed by atoms with Gasteiger partial charge in [0.15, 0.2) is 0 Å². The van der Waals surface area contributed by atoms with Crippen molar-refractivity contribution in [3.05, 3.63) is 54.4 Å². The molecule has 0 unspecified atom stereocenters. The van der Waals surface area contributed by atoms with Crippen molar-refractivity contribution in [3.8, 4) is 5.75 Å². The van der Waals surface area contributed by atoms with Crippen molar-refractivity contribution < 1.29 is 9.53 Å². The number of amides is 1. The van der Waals surface area contributed by atoms with Crippen LogP contribution in [0.2, 0.25) is 0 Å². The molecule has 2 rings (SSSR count). The van der Waals surface area contributed by atoms with E-state index in [0.717, 1.165) is 12.1 Å². The van der Waals surface area contributed by atoms with Crippen molar-refractivity contribution in [2.75, 3.05) is 25.1 Å². The summed E-state index contributed by atoms with van der Waals surface area (Å²) < 4.78 is 5.22. The molecule has 0 aliphatic heterocycles. The molecule has 0 fully saturated rings. The maximum absolute atomic E-state index is 12.7. The van der Waals surface area contributed by atoms with Gasteiger partial charge >= 0.3 is 0 Å². The number of rotatable bonds is 6. The van der Waals surface area contributed by atoms with Crippen LogP contribution in [0.3, 0.4) is 0 Å². The molecule has 5 nitrogen and oxygen atoms in total. The first-order valence-electron chi connectivity index (χ1n) is 6.82. The molecule has 2 aromatic rings. The number of anilines is 1. The van der Waals surface area contributed by atoms with Crippen LogP contribution in [0.25, 0.3) is 0 Å². The first-order valence-corrected chi connectivity index (χ1v) is 6.82. The highest BCUT2D eigenvalue weighted by molar-refractivity contribution is 6.05. The number of hydrogen-bond acceptors (Lipinski definition) is 4. The number of benzene rings is 1. The highest BCUT2D eigenvalue weighted by Crippen LogP contribution is 2.22. The van der Waals surface area contributed by atoms with E-state index in [1.165, 1.54) is 0 Å². The number of nitrogens with two attached hydrogens (primary N) is 1. The Balaban J connectivity index is 2.31. The molecule has 0 radical (unpaired) electrons. The van der Waals surface area contributed by atoms with E-state index >= 15 is 0 Å². The number of methoxy groups -OCH3 is 1. The van der Waals surface area contributed by atoms with Crippen molar-refractivity contribution in [1.82, 2.24) is 4.98 Å². The zero-order valence-corrected chi connectivity index (χ0v) is 12.0. The van der Waals surface area contributed by atoms with Crippen molar-refractivity contribution in [3.63, 3.8) is 0 Å². The summed E-state index contributed by atoms with van der Waals surface area (Å²) in [4.78, 5) is 18.4. The fraction of sp³-hybridized carbons (Fsp3) is 0.250. The molecule has 5 heteroatoms. The normalized spacial score (nSPS) is 10.2. The van der Waals surface area contributed by atoms with Gasteiger partial charge in [-0.1, -0.05) is 6.07 Å². The highest BCUT2D eigenvalue weighted by Gasteiger charge is 2.17. The van der Waals surface area contributed by atoms with Gasteiger partial charge in [0, 0.05) is 30.7 Å². The quantitative estimate of drug-likeness (QED) is 0.882. The largest absolute Gasteiger partial charge is 0.497 e. The molecule has 0 spiro atoms. The lowest BCUT2D eigenvalue weighted by Crippen LogP contribution is -2.33. The Morgan fingerprint density at radius 2 is 2.19 bits per heavy atom. The Labute approximate surface area is 124 Å². The molecule has 1 aromatic carbocycles. The molecule has 0 saturated heterocycles. The van der Waals surface area contributed by atoms with E-state index in [1.807, 2.05) is 24.3 Å². The fourth-order valence-corrected chi connectivity index (χ4v) is 2.02. The molecule has 1 heterocycles. The van der Waals surface area contributed by atoms with Crippen LogP contribution < -0.4 is 15.4 Å². The van der Waals surface area contributed by atoms with Crippen LogP contribution in [-0.4, -0.2) is 31.1 Å². The maximum Gasteiger partial charge on any atom is 0.259 e. The second kappa shape index (κ2) is 7.40. The van der Waals surface area contributed by atoms with Crippen LogP contribution in [0, 0.1) is 0 Å². The maximum atomic E-state index is 12.7. The minimum Gasteiger partial charge on any atom is -0.497 e. The molecule has 0 saturated carbocycles. The van der Waals surface area contributed by atoms with Gasteiger partial charge in [0.05, 0.1) is 12.7 Å². The highest BCUT2D eigenvalue weighted by atomic mass is 16.5. The third-order valence-corrected chi connectivity index (χ3v) is 3.10. The van der Waals surface area contributed by atoms with Crippen LogP contribution in [-0.2, 0) is 0 Å². The zero-order chi connectivity index (χ0) is 15.1. The summed E-state index contributed by atoms with van der Waals surface area (Å²) >= 11 is 0. The molecule has 0 bridgehead atoms. The zero-order valence-electron chi connectivity index (χ0n) is 12.0. The number of aromatic nitrogens is 1. The number of carbonyl (C=O) groups is 1. The van der Waals surface area contributed by atoms with Crippen molar-refractivity contribution in [1.29, 1.82) is 0 Å². The third-order valence-electron chi connectivity index (χ3n) is 3.10. The number of nitrogens with zero attached hydrogens (tertiary/aromatic N) is 2. The van der Waals surface area contributed by atoms with Crippen molar-refractivity contribution >= 4 is 11.6 Å². The fourth-order valence-electron chi connectivity index (χ4n) is 2.02. The molecule has 1 amide bonds. The van der Waals surface area contributed by atoms with Crippen LogP contribution in [0.4, 0.5) is 5.69 Å². The van der Waals surface area contributed by atoms with E-state index in [1.54, 1.807) is 36.5 Å². The van der Waals surface area contributed by atoms with Gasteiger partial charge in [-0.05, 0) is 37.2 Å². The monoisotopic (exact) mass is 285 g/mol. The summed E-state index contributed by atoms with van der Waals surface area (Å²) in [6.07, 6.45) is 3.94. The van der Waals surface area contributed by atoms with Crippen LogP contribution in [0.5, 0.6) is 5.75 Å². The van der Waals surface area contributed by atoms with E-state index in [9.17, 15) is 4.79 Å². The topological polar surface area (TPSA) is 68.5 Å². The third kappa shape index (κ3) is 3.79. The standard InChI is InChI=1S/C16H19N3O2/c1-21-15-7-2-6-14(11-15)19(10-4-8-17)16(20)13-5-3-9-18-12-13/h2-3,5-7,9,11-12H,4,8,10,17H2,1H3. The summed E-state index contributed by atoms with van der Waals surface area (Å²) in [5, 5.41) is 0. The lowest BCUT2D eigenvalue weighted by Gasteiger charge is -2.23. The van der Waals surface area contributed by atoms with Gasteiger partial charge in [-0.25, -0.2) is 0 Å². The smallest absolute Gasteiger partial charge is 0.259 e. The van der Waals surface area contributed by atoms with Gasteiger partial charge in [-0.3, -0.25) is 9.78 Å². The SMILES string of the molecule is COc1cccc(N(CCCN)C(=O)c2cccnc2)c1. The summed E-state index contributed by atoms with van der Waals surface area (Å²) in [6.45, 7) is 1.08.